The predicted octanol–water partition coefficient (Wildman–Crippen LogP) is 10.8. The molecule has 3 heterocycles. The Bertz CT molecular complexity index is 2040. The predicted molar refractivity (Wildman–Crippen MR) is 207 cm³/mol. The molecule has 0 amide bonds. The molecule has 0 bridgehead atoms. The number of nitrogens with zero attached hydrogens (tertiary/aromatic N) is 1. The Morgan fingerprint density at radius 3 is 1.77 bits per heavy atom. The van der Waals surface area contributed by atoms with Crippen LogP contribution in [0.25, 0.3) is 10.1 Å². The Morgan fingerprint density at radius 2 is 1.17 bits per heavy atom. The number of fused-ring (bicyclic) bond motifs is 6. The van der Waals surface area contributed by atoms with Crippen LogP contribution in [0.5, 0.6) is 11.5 Å². The number of ether oxygens (including phenoxy) is 1. The fourth-order valence-corrected chi connectivity index (χ4v) is 8.48. The topological polar surface area (TPSA) is 12.5 Å². The third-order valence-electron chi connectivity index (χ3n) is 10.1. The van der Waals surface area contributed by atoms with Crippen molar-refractivity contribution in [2.45, 2.75) is 112 Å². The van der Waals surface area contributed by atoms with Crippen LogP contribution >= 0.6 is 11.3 Å². The Morgan fingerprint density at radius 1 is 0.596 bits per heavy atom. The average Bonchev–Trinajstić information content (AvgIpc) is 3.33. The van der Waals surface area contributed by atoms with Crippen LogP contribution in [0.2, 0.25) is 0 Å². The smallest absolute Gasteiger partial charge is 0.268 e. The maximum atomic E-state index is 6.84. The van der Waals surface area contributed by atoms with E-state index in [1.54, 1.807) is 0 Å². The second-order valence-corrected chi connectivity index (χ2v) is 19.2. The van der Waals surface area contributed by atoms with E-state index in [1.165, 1.54) is 70.7 Å². The summed E-state index contributed by atoms with van der Waals surface area (Å²) in [6.07, 6.45) is 0. The number of aryl methyl sites for hydroxylation is 1. The van der Waals surface area contributed by atoms with Gasteiger partial charge in [0.15, 0.2) is 0 Å². The van der Waals surface area contributed by atoms with Crippen molar-refractivity contribution in [3.63, 3.8) is 0 Å². The first-order valence-electron chi connectivity index (χ1n) is 17.2. The number of rotatable bonds is 1. The van der Waals surface area contributed by atoms with Crippen LogP contribution in [0.3, 0.4) is 0 Å². The van der Waals surface area contributed by atoms with Crippen LogP contribution in [-0.4, -0.2) is 6.71 Å². The van der Waals surface area contributed by atoms with Crippen molar-refractivity contribution in [3.8, 4) is 11.5 Å². The molecule has 0 aliphatic carbocycles. The highest BCUT2D eigenvalue weighted by Gasteiger charge is 2.45. The lowest BCUT2D eigenvalue weighted by Gasteiger charge is -2.40. The first kappa shape index (κ1) is 32.1. The summed E-state index contributed by atoms with van der Waals surface area (Å²) in [4.78, 5) is 2.59. The van der Waals surface area contributed by atoms with Gasteiger partial charge in [-0.3, -0.25) is 0 Å². The van der Waals surface area contributed by atoms with Crippen LogP contribution in [0, 0.1) is 6.92 Å². The number of hydrogen-bond acceptors (Lipinski definition) is 3. The van der Waals surface area contributed by atoms with E-state index in [-0.39, 0.29) is 28.4 Å². The third-order valence-corrected chi connectivity index (χ3v) is 11.4. The molecular weight excluding hydrogens is 589 g/mol. The number of anilines is 3. The third kappa shape index (κ3) is 5.32. The number of hydrogen-bond donors (Lipinski definition) is 0. The van der Waals surface area contributed by atoms with E-state index in [4.69, 9.17) is 4.74 Å². The molecular formula is C43H50BNOS. The molecule has 5 aromatic rings. The van der Waals surface area contributed by atoms with Crippen molar-refractivity contribution in [2.24, 2.45) is 0 Å². The van der Waals surface area contributed by atoms with Gasteiger partial charge in [-0.2, -0.15) is 0 Å². The van der Waals surface area contributed by atoms with Gasteiger partial charge in [-0.1, -0.05) is 107 Å². The lowest BCUT2D eigenvalue weighted by molar-refractivity contribution is 0.486. The molecule has 47 heavy (non-hydrogen) atoms. The monoisotopic (exact) mass is 639 g/mol. The second-order valence-electron chi connectivity index (χ2n) is 18.1. The van der Waals surface area contributed by atoms with E-state index in [1.807, 2.05) is 11.3 Å². The quantitative estimate of drug-likeness (QED) is 0.166. The summed E-state index contributed by atoms with van der Waals surface area (Å²) in [5, 5.41) is 1.34. The molecule has 0 saturated heterocycles. The van der Waals surface area contributed by atoms with Crippen LogP contribution in [0.4, 0.5) is 17.1 Å². The van der Waals surface area contributed by atoms with Crippen LogP contribution < -0.4 is 25.3 Å². The van der Waals surface area contributed by atoms with Gasteiger partial charge in [-0.25, -0.2) is 0 Å². The molecule has 0 atom stereocenters. The summed E-state index contributed by atoms with van der Waals surface area (Å²) in [7, 11) is 0. The SMILES string of the molecule is Cc1cc2c3c(c1)N(c1cc(C(C)(C)C)cc(C(C)(C)C)c1)c1c(sc4ccc(C(C)(C)C)cc14)B3c1cc(C(C)(C)C)ccc1O2. The van der Waals surface area contributed by atoms with Crippen molar-refractivity contribution < 1.29 is 4.74 Å². The van der Waals surface area contributed by atoms with Crippen LogP contribution in [0.1, 0.15) is 111 Å². The van der Waals surface area contributed by atoms with Crippen LogP contribution in [-0.2, 0) is 21.7 Å². The molecule has 7 rings (SSSR count). The lowest BCUT2D eigenvalue weighted by Crippen LogP contribution is -2.58. The van der Waals surface area contributed by atoms with Gasteiger partial charge in [0.1, 0.15) is 11.5 Å². The summed E-state index contributed by atoms with van der Waals surface area (Å²) in [6, 6.07) is 26.0. The minimum absolute atomic E-state index is 0.00468. The Balaban J connectivity index is 1.62. The average molecular weight is 640 g/mol. The molecule has 0 radical (unpaired) electrons. The van der Waals surface area contributed by atoms with Gasteiger partial charge in [-0.05, 0) is 110 Å². The molecule has 0 unspecified atom stereocenters. The minimum atomic E-state index is 0.00468. The Labute approximate surface area is 287 Å². The van der Waals surface area contributed by atoms with Crippen molar-refractivity contribution >= 4 is 60.9 Å². The molecule has 2 nitrogen and oxygen atoms in total. The largest absolute Gasteiger partial charge is 0.458 e. The summed E-state index contributed by atoms with van der Waals surface area (Å²) in [5.74, 6) is 1.96. The van der Waals surface area contributed by atoms with Gasteiger partial charge in [0.05, 0.1) is 5.69 Å². The van der Waals surface area contributed by atoms with Crippen LogP contribution in [0.15, 0.2) is 66.7 Å². The molecule has 0 saturated carbocycles. The maximum absolute atomic E-state index is 6.84. The molecule has 2 aliphatic heterocycles. The molecule has 1 aromatic heterocycles. The van der Waals surface area contributed by atoms with Gasteiger partial charge in [0, 0.05) is 26.2 Å². The normalized spacial score (nSPS) is 14.6. The van der Waals surface area contributed by atoms with Gasteiger partial charge in [0.25, 0.3) is 6.71 Å². The van der Waals surface area contributed by atoms with Crippen molar-refractivity contribution in [3.05, 3.63) is 94.5 Å². The fourth-order valence-electron chi connectivity index (χ4n) is 7.18. The highest BCUT2D eigenvalue weighted by atomic mass is 32.1. The molecule has 4 heteroatoms. The van der Waals surface area contributed by atoms with Gasteiger partial charge < -0.3 is 9.64 Å². The highest BCUT2D eigenvalue weighted by Crippen LogP contribution is 2.48. The zero-order valence-electron chi connectivity index (χ0n) is 30.7. The summed E-state index contributed by atoms with van der Waals surface area (Å²) in [6.45, 7) is 30.2. The number of thiophene rings is 1. The van der Waals surface area contributed by atoms with Crippen molar-refractivity contribution in [1.82, 2.24) is 0 Å². The van der Waals surface area contributed by atoms with Crippen molar-refractivity contribution in [2.75, 3.05) is 4.90 Å². The summed E-state index contributed by atoms with van der Waals surface area (Å²) in [5.41, 5.74) is 13.1. The molecule has 0 spiro atoms. The highest BCUT2D eigenvalue weighted by molar-refractivity contribution is 7.33. The molecule has 4 aromatic carbocycles. The summed E-state index contributed by atoms with van der Waals surface area (Å²) >= 11 is 1.96. The first-order valence-corrected chi connectivity index (χ1v) is 18.0. The van der Waals surface area contributed by atoms with E-state index >= 15 is 0 Å². The Hall–Kier alpha value is -3.50. The summed E-state index contributed by atoms with van der Waals surface area (Å²) < 4.78 is 9.58. The van der Waals surface area contributed by atoms with Crippen molar-refractivity contribution in [1.29, 1.82) is 0 Å². The van der Waals surface area contributed by atoms with E-state index in [9.17, 15) is 0 Å². The minimum Gasteiger partial charge on any atom is -0.458 e. The van der Waals surface area contributed by atoms with Gasteiger partial charge in [0.2, 0.25) is 0 Å². The van der Waals surface area contributed by atoms with Gasteiger partial charge in [-0.15, -0.1) is 11.3 Å². The zero-order chi connectivity index (χ0) is 34.0. The fraction of sp³-hybridized carbons (Fsp3) is 0.395. The van der Waals surface area contributed by atoms with E-state index in [0.29, 0.717) is 0 Å². The molecule has 2 aliphatic rings. The molecule has 0 fully saturated rings. The van der Waals surface area contributed by atoms with E-state index in [0.717, 1.165) is 11.5 Å². The standard InChI is InChI=1S/C43H50BNOS/c1-25-18-33-37-35(19-25)46-34-16-14-27(41(5,6)7)24-32(34)44(37)39-38(31-23-26(40(2,3)4)15-17-36(31)47-39)45(33)30-21-28(42(8,9)10)20-29(22-30)43(11,12)13/h14-24H,1-13H3. The molecule has 0 N–H and O–H groups in total. The second kappa shape index (κ2) is 10.3. The molecule has 242 valence electrons. The Kier molecular flexibility index (Phi) is 7.00. The zero-order valence-corrected chi connectivity index (χ0v) is 31.5. The first-order chi connectivity index (χ1) is 21.7. The van der Waals surface area contributed by atoms with E-state index < -0.39 is 0 Å². The maximum Gasteiger partial charge on any atom is 0.268 e. The van der Waals surface area contributed by atoms with Gasteiger partial charge >= 0.3 is 0 Å². The van der Waals surface area contributed by atoms with E-state index in [2.05, 4.69) is 162 Å². The number of benzene rings is 4. The lowest BCUT2D eigenvalue weighted by atomic mass is 9.36.